The number of halogens is 1. The molecule has 0 N–H and O–H groups in total. The van der Waals surface area contributed by atoms with Crippen LogP contribution in [0.2, 0.25) is 5.02 Å². The van der Waals surface area contributed by atoms with Crippen molar-refractivity contribution < 1.29 is 4.79 Å². The highest BCUT2D eigenvalue weighted by Crippen LogP contribution is 2.20. The molecule has 142 valence electrons. The minimum atomic E-state index is 0.0391. The Hall–Kier alpha value is -2.68. The molecule has 0 fully saturated rings. The first-order chi connectivity index (χ1) is 13.5. The lowest BCUT2D eigenvalue weighted by Gasteiger charge is -2.19. The van der Waals surface area contributed by atoms with E-state index in [9.17, 15) is 4.79 Å². The third-order valence-corrected chi connectivity index (χ3v) is 5.01. The predicted molar refractivity (Wildman–Crippen MR) is 118 cm³/mol. The Bertz CT molecular complexity index is 964. The van der Waals surface area contributed by atoms with Crippen molar-refractivity contribution in [3.63, 3.8) is 0 Å². The van der Waals surface area contributed by atoms with Crippen molar-refractivity contribution in [2.24, 2.45) is 0 Å². The summed E-state index contributed by atoms with van der Waals surface area (Å²) in [6, 6.07) is 25.6. The fraction of sp³-hybridized carbons (Fsp3) is 0.160. The van der Waals surface area contributed by atoms with E-state index in [1.165, 1.54) is 5.56 Å². The van der Waals surface area contributed by atoms with Crippen LogP contribution < -0.4 is 0 Å². The van der Waals surface area contributed by atoms with E-state index < -0.39 is 0 Å². The zero-order valence-electron chi connectivity index (χ0n) is 16.2. The Labute approximate surface area is 172 Å². The van der Waals surface area contributed by atoms with Crippen molar-refractivity contribution in [1.29, 1.82) is 0 Å². The Morgan fingerprint density at radius 2 is 1.61 bits per heavy atom. The van der Waals surface area contributed by atoms with Crippen LogP contribution in [0.25, 0.3) is 6.08 Å². The predicted octanol–water partition coefficient (Wildman–Crippen LogP) is 6.05. The number of benzene rings is 3. The van der Waals surface area contributed by atoms with Crippen molar-refractivity contribution >= 4 is 23.5 Å². The average molecular weight is 390 g/mol. The van der Waals surface area contributed by atoms with Crippen molar-refractivity contribution in [1.82, 2.24) is 4.90 Å². The van der Waals surface area contributed by atoms with Crippen LogP contribution in [0.1, 0.15) is 27.0 Å². The maximum absolute atomic E-state index is 13.2. The van der Waals surface area contributed by atoms with Crippen LogP contribution in [-0.4, -0.2) is 24.3 Å². The largest absolute Gasteiger partial charge is 0.298 e. The van der Waals surface area contributed by atoms with Gasteiger partial charge in [0.15, 0.2) is 5.78 Å². The topological polar surface area (TPSA) is 20.3 Å². The monoisotopic (exact) mass is 389 g/mol. The summed E-state index contributed by atoms with van der Waals surface area (Å²) in [5.41, 5.74) is 4.61. The van der Waals surface area contributed by atoms with Crippen LogP contribution in [0.5, 0.6) is 0 Å². The molecule has 0 heterocycles. The molecule has 0 amide bonds. The summed E-state index contributed by atoms with van der Waals surface area (Å²) in [7, 11) is 2.03. The maximum atomic E-state index is 13.2. The molecule has 0 saturated carbocycles. The van der Waals surface area contributed by atoms with Gasteiger partial charge in [-0.15, -0.1) is 0 Å². The van der Waals surface area contributed by atoms with Crippen molar-refractivity contribution in [2.75, 3.05) is 13.6 Å². The molecule has 0 bridgehead atoms. The Morgan fingerprint density at radius 3 is 2.25 bits per heavy atom. The lowest BCUT2D eigenvalue weighted by atomic mass is 10.00. The second-order valence-electron chi connectivity index (χ2n) is 7.03. The van der Waals surface area contributed by atoms with Gasteiger partial charge in [-0.1, -0.05) is 84.4 Å². The zero-order chi connectivity index (χ0) is 19.9. The van der Waals surface area contributed by atoms with E-state index in [2.05, 4.69) is 17.0 Å². The molecule has 0 spiro atoms. The summed E-state index contributed by atoms with van der Waals surface area (Å²) in [5.74, 6) is 0.0391. The molecule has 3 heteroatoms. The molecular weight excluding hydrogens is 366 g/mol. The Morgan fingerprint density at radius 1 is 0.964 bits per heavy atom. The van der Waals surface area contributed by atoms with Gasteiger partial charge in [0, 0.05) is 29.2 Å². The molecule has 3 aromatic carbocycles. The van der Waals surface area contributed by atoms with Crippen LogP contribution in [0.3, 0.4) is 0 Å². The number of aryl methyl sites for hydroxylation is 1. The average Bonchev–Trinajstić information content (AvgIpc) is 2.71. The van der Waals surface area contributed by atoms with Gasteiger partial charge < -0.3 is 0 Å². The highest BCUT2D eigenvalue weighted by atomic mass is 35.5. The zero-order valence-corrected chi connectivity index (χ0v) is 17.0. The van der Waals surface area contributed by atoms with Crippen LogP contribution in [-0.2, 0) is 6.54 Å². The highest BCUT2D eigenvalue weighted by Gasteiger charge is 2.15. The van der Waals surface area contributed by atoms with E-state index in [-0.39, 0.29) is 5.78 Å². The van der Waals surface area contributed by atoms with Crippen LogP contribution in [0, 0.1) is 6.92 Å². The molecule has 2 nitrogen and oxygen atoms in total. The van der Waals surface area contributed by atoms with E-state index in [4.69, 9.17) is 11.6 Å². The van der Waals surface area contributed by atoms with Gasteiger partial charge in [-0.25, -0.2) is 0 Å². The molecule has 0 aliphatic rings. The first-order valence-corrected chi connectivity index (χ1v) is 9.69. The molecule has 0 atom stereocenters. The summed E-state index contributed by atoms with van der Waals surface area (Å²) in [6.45, 7) is 3.29. The Balaban J connectivity index is 1.88. The van der Waals surface area contributed by atoms with Crippen LogP contribution in [0.4, 0.5) is 0 Å². The fourth-order valence-corrected chi connectivity index (χ4v) is 3.29. The molecule has 0 aliphatic carbocycles. The van der Waals surface area contributed by atoms with Gasteiger partial charge in [-0.05, 0) is 42.8 Å². The molecule has 0 radical (unpaired) electrons. The molecule has 3 rings (SSSR count). The molecular formula is C25H24ClNO. The van der Waals surface area contributed by atoms with Crippen molar-refractivity contribution in [3.05, 3.63) is 112 Å². The number of Topliss-reactive ketones (excluding diaryl/α,β-unsaturated/α-hetero) is 1. The van der Waals surface area contributed by atoms with Gasteiger partial charge in [0.25, 0.3) is 0 Å². The van der Waals surface area contributed by atoms with Gasteiger partial charge in [0.05, 0.1) is 0 Å². The number of hydrogen-bond acceptors (Lipinski definition) is 2. The number of ketones is 1. The summed E-state index contributed by atoms with van der Waals surface area (Å²) < 4.78 is 0. The lowest BCUT2D eigenvalue weighted by Crippen LogP contribution is -2.24. The number of hydrogen-bond donors (Lipinski definition) is 0. The summed E-state index contributed by atoms with van der Waals surface area (Å²) in [6.07, 6.45) is 1.95. The number of carbonyl (C=O) groups is 1. The first-order valence-electron chi connectivity index (χ1n) is 9.32. The van der Waals surface area contributed by atoms with E-state index in [0.29, 0.717) is 17.1 Å². The van der Waals surface area contributed by atoms with Crippen LogP contribution in [0.15, 0.2) is 84.4 Å². The SMILES string of the molecule is Cc1ccc(/C=C(\CN(C)Cc2ccccc2)C(=O)c2ccccc2)cc1Cl. The highest BCUT2D eigenvalue weighted by molar-refractivity contribution is 6.31. The fourth-order valence-electron chi connectivity index (χ4n) is 3.10. The summed E-state index contributed by atoms with van der Waals surface area (Å²) >= 11 is 6.28. The quantitative estimate of drug-likeness (QED) is 0.362. The van der Waals surface area contributed by atoms with Gasteiger partial charge in [-0.3, -0.25) is 9.69 Å². The minimum absolute atomic E-state index is 0.0391. The molecule has 0 aromatic heterocycles. The second kappa shape index (κ2) is 9.50. The van der Waals surface area contributed by atoms with E-state index in [1.54, 1.807) is 0 Å². The second-order valence-corrected chi connectivity index (χ2v) is 7.44. The number of carbonyl (C=O) groups excluding carboxylic acids is 1. The normalized spacial score (nSPS) is 11.6. The molecule has 0 aliphatic heterocycles. The standard InChI is InChI=1S/C25H24ClNO/c1-19-13-14-21(16-24(19)26)15-23(25(28)22-11-7-4-8-12-22)18-27(2)17-20-9-5-3-6-10-20/h3-16H,17-18H2,1-2H3/b23-15+. The van der Waals surface area contributed by atoms with E-state index in [1.807, 2.05) is 86.8 Å². The molecule has 28 heavy (non-hydrogen) atoms. The smallest absolute Gasteiger partial charge is 0.190 e. The van der Waals surface area contributed by atoms with Gasteiger partial charge >= 0.3 is 0 Å². The third kappa shape index (κ3) is 5.41. The van der Waals surface area contributed by atoms with Gasteiger partial charge in [0.2, 0.25) is 0 Å². The van der Waals surface area contributed by atoms with Gasteiger partial charge in [0.1, 0.15) is 0 Å². The van der Waals surface area contributed by atoms with Crippen molar-refractivity contribution in [3.8, 4) is 0 Å². The Kier molecular flexibility index (Phi) is 6.80. The third-order valence-electron chi connectivity index (χ3n) is 4.60. The number of rotatable bonds is 7. The van der Waals surface area contributed by atoms with Gasteiger partial charge in [-0.2, -0.15) is 0 Å². The molecule has 3 aromatic rings. The van der Waals surface area contributed by atoms with Crippen LogP contribution >= 0.6 is 11.6 Å². The maximum Gasteiger partial charge on any atom is 0.190 e. The minimum Gasteiger partial charge on any atom is -0.298 e. The molecule has 0 saturated heterocycles. The number of likely N-dealkylation sites (N-methyl/N-ethyl adjacent to an activating group) is 1. The van der Waals surface area contributed by atoms with E-state index in [0.717, 1.165) is 23.2 Å². The van der Waals surface area contributed by atoms with E-state index >= 15 is 0 Å². The summed E-state index contributed by atoms with van der Waals surface area (Å²) in [5, 5.41) is 0.706. The molecule has 0 unspecified atom stereocenters. The van der Waals surface area contributed by atoms with Crippen molar-refractivity contribution in [2.45, 2.75) is 13.5 Å². The number of nitrogens with zero attached hydrogens (tertiary/aromatic N) is 1. The lowest BCUT2D eigenvalue weighted by molar-refractivity contribution is 0.102. The first kappa shape index (κ1) is 20.1. The summed E-state index contributed by atoms with van der Waals surface area (Å²) in [4.78, 5) is 15.3.